The predicted octanol–water partition coefficient (Wildman–Crippen LogP) is 1.41. The molecule has 6 heteroatoms. The summed E-state index contributed by atoms with van der Waals surface area (Å²) in [6, 6.07) is 10.2. The molecule has 0 saturated carbocycles. The van der Waals surface area contributed by atoms with Crippen LogP contribution in [-0.4, -0.2) is 22.2 Å². The molecular weight excluding hydrogens is 278 g/mol. The predicted molar refractivity (Wildman–Crippen MR) is 77.0 cm³/mol. The van der Waals surface area contributed by atoms with Crippen LogP contribution in [0.5, 0.6) is 0 Å². The van der Waals surface area contributed by atoms with Gasteiger partial charge in [-0.1, -0.05) is 23.7 Å². The fourth-order valence-electron chi connectivity index (χ4n) is 1.69. The third-order valence-electron chi connectivity index (χ3n) is 2.81. The summed E-state index contributed by atoms with van der Waals surface area (Å²) < 4.78 is 1.13. The summed E-state index contributed by atoms with van der Waals surface area (Å²) in [6.07, 6.45) is 0.703. The Kier molecular flexibility index (Phi) is 4.53. The van der Waals surface area contributed by atoms with Gasteiger partial charge >= 0.3 is 0 Å². The van der Waals surface area contributed by atoms with Gasteiger partial charge in [-0.3, -0.25) is 9.59 Å². The molecule has 0 atom stereocenters. The van der Waals surface area contributed by atoms with Gasteiger partial charge in [-0.05, 0) is 30.2 Å². The molecule has 1 heterocycles. The van der Waals surface area contributed by atoms with Crippen LogP contribution in [-0.2, 0) is 13.5 Å². The Morgan fingerprint density at radius 1 is 1.25 bits per heavy atom. The number of hydrogen-bond donors (Lipinski definition) is 1. The van der Waals surface area contributed by atoms with Crippen LogP contribution in [0, 0.1) is 0 Å². The van der Waals surface area contributed by atoms with Crippen molar-refractivity contribution >= 4 is 17.5 Å². The highest BCUT2D eigenvalue weighted by Gasteiger charge is 2.07. The van der Waals surface area contributed by atoms with Gasteiger partial charge in [0, 0.05) is 24.7 Å². The topological polar surface area (TPSA) is 64.0 Å². The standard InChI is InChI=1S/C14H14ClN3O2/c1-18-13(19)7-6-12(17-18)14(20)16-9-8-10-2-4-11(15)5-3-10/h2-7H,8-9H2,1H3,(H,16,20). The van der Waals surface area contributed by atoms with E-state index >= 15 is 0 Å². The van der Waals surface area contributed by atoms with Gasteiger partial charge in [0.1, 0.15) is 5.69 Å². The van der Waals surface area contributed by atoms with Crippen LogP contribution in [0.4, 0.5) is 0 Å². The molecule has 0 saturated heterocycles. The minimum absolute atomic E-state index is 0.225. The van der Waals surface area contributed by atoms with E-state index < -0.39 is 0 Å². The maximum Gasteiger partial charge on any atom is 0.271 e. The van der Waals surface area contributed by atoms with E-state index in [4.69, 9.17) is 11.6 Å². The van der Waals surface area contributed by atoms with Crippen LogP contribution in [0.3, 0.4) is 0 Å². The Morgan fingerprint density at radius 2 is 1.95 bits per heavy atom. The number of halogens is 1. The molecule has 2 rings (SSSR count). The second-order valence-electron chi connectivity index (χ2n) is 4.31. The minimum Gasteiger partial charge on any atom is -0.350 e. The zero-order valence-electron chi connectivity index (χ0n) is 11.0. The number of aromatic nitrogens is 2. The number of nitrogens with zero attached hydrogens (tertiary/aromatic N) is 2. The molecule has 0 aliphatic rings. The number of aryl methyl sites for hydroxylation is 1. The first-order valence-electron chi connectivity index (χ1n) is 6.13. The van der Waals surface area contributed by atoms with Crippen molar-refractivity contribution in [3.63, 3.8) is 0 Å². The van der Waals surface area contributed by atoms with Crippen molar-refractivity contribution in [2.45, 2.75) is 6.42 Å². The number of nitrogens with one attached hydrogen (secondary N) is 1. The molecule has 1 N–H and O–H groups in total. The van der Waals surface area contributed by atoms with Crippen molar-refractivity contribution in [3.05, 3.63) is 63.0 Å². The SMILES string of the molecule is Cn1nc(C(=O)NCCc2ccc(Cl)cc2)ccc1=O. The van der Waals surface area contributed by atoms with Crippen LogP contribution in [0.1, 0.15) is 16.1 Å². The fourth-order valence-corrected chi connectivity index (χ4v) is 1.81. The van der Waals surface area contributed by atoms with E-state index in [0.29, 0.717) is 18.0 Å². The zero-order chi connectivity index (χ0) is 14.5. The zero-order valence-corrected chi connectivity index (χ0v) is 11.7. The number of hydrogen-bond acceptors (Lipinski definition) is 3. The lowest BCUT2D eigenvalue weighted by molar-refractivity contribution is 0.0947. The van der Waals surface area contributed by atoms with Gasteiger partial charge in [0.2, 0.25) is 0 Å². The first kappa shape index (κ1) is 14.3. The second-order valence-corrected chi connectivity index (χ2v) is 4.75. The first-order valence-corrected chi connectivity index (χ1v) is 6.51. The molecule has 2 aromatic rings. The number of amides is 1. The molecule has 104 valence electrons. The molecule has 1 aromatic carbocycles. The smallest absolute Gasteiger partial charge is 0.271 e. The van der Waals surface area contributed by atoms with Gasteiger partial charge < -0.3 is 5.32 Å². The highest BCUT2D eigenvalue weighted by molar-refractivity contribution is 6.30. The van der Waals surface area contributed by atoms with Gasteiger partial charge in [-0.2, -0.15) is 5.10 Å². The molecule has 0 aliphatic heterocycles. The van der Waals surface area contributed by atoms with Crippen LogP contribution in [0.25, 0.3) is 0 Å². The number of carbonyl (C=O) groups is 1. The average molecular weight is 292 g/mol. The van der Waals surface area contributed by atoms with Gasteiger partial charge in [-0.15, -0.1) is 0 Å². The van der Waals surface area contributed by atoms with Crippen LogP contribution >= 0.6 is 11.6 Å². The molecule has 0 aliphatic carbocycles. The van der Waals surface area contributed by atoms with Crippen molar-refractivity contribution in [1.29, 1.82) is 0 Å². The normalized spacial score (nSPS) is 10.3. The maximum atomic E-state index is 11.8. The first-order chi connectivity index (χ1) is 9.56. The highest BCUT2D eigenvalue weighted by Crippen LogP contribution is 2.09. The summed E-state index contributed by atoms with van der Waals surface area (Å²) in [5.41, 5.74) is 1.06. The van der Waals surface area contributed by atoms with Gasteiger partial charge in [0.25, 0.3) is 11.5 Å². The third kappa shape index (κ3) is 3.68. The van der Waals surface area contributed by atoms with Gasteiger partial charge in [0.05, 0.1) is 0 Å². The molecule has 0 radical (unpaired) electrons. The van der Waals surface area contributed by atoms with Crippen molar-refractivity contribution < 1.29 is 4.79 Å². The molecule has 0 bridgehead atoms. The monoisotopic (exact) mass is 291 g/mol. The van der Waals surface area contributed by atoms with Crippen LogP contribution in [0.2, 0.25) is 5.02 Å². The molecule has 1 aromatic heterocycles. The van der Waals surface area contributed by atoms with E-state index in [2.05, 4.69) is 10.4 Å². The van der Waals surface area contributed by atoms with Crippen LogP contribution in [0.15, 0.2) is 41.2 Å². The Balaban J connectivity index is 1.90. The van der Waals surface area contributed by atoms with Crippen molar-refractivity contribution in [2.24, 2.45) is 7.05 Å². The lowest BCUT2D eigenvalue weighted by Gasteiger charge is -2.05. The van der Waals surface area contributed by atoms with E-state index in [1.807, 2.05) is 24.3 Å². The molecule has 1 amide bonds. The Hall–Kier alpha value is -2.14. The summed E-state index contributed by atoms with van der Waals surface area (Å²) in [7, 11) is 1.51. The van der Waals surface area contributed by atoms with E-state index in [-0.39, 0.29) is 17.2 Å². The summed E-state index contributed by atoms with van der Waals surface area (Å²) >= 11 is 5.80. The number of benzene rings is 1. The van der Waals surface area contributed by atoms with Crippen LogP contribution < -0.4 is 10.9 Å². The van der Waals surface area contributed by atoms with E-state index in [1.54, 1.807) is 0 Å². The number of rotatable bonds is 4. The lowest BCUT2D eigenvalue weighted by Crippen LogP contribution is -2.29. The highest BCUT2D eigenvalue weighted by atomic mass is 35.5. The minimum atomic E-state index is -0.297. The molecule has 0 unspecified atom stereocenters. The van der Waals surface area contributed by atoms with Gasteiger partial charge in [-0.25, -0.2) is 4.68 Å². The average Bonchev–Trinajstić information content (AvgIpc) is 2.44. The van der Waals surface area contributed by atoms with Crippen molar-refractivity contribution in [1.82, 2.24) is 15.1 Å². The Labute approximate surface area is 121 Å². The summed E-state index contributed by atoms with van der Waals surface area (Å²) in [6.45, 7) is 0.491. The molecule has 0 spiro atoms. The molecular formula is C14H14ClN3O2. The second kappa shape index (κ2) is 6.34. The summed E-state index contributed by atoms with van der Waals surface area (Å²) in [5.74, 6) is -0.297. The Morgan fingerprint density at radius 3 is 2.60 bits per heavy atom. The lowest BCUT2D eigenvalue weighted by atomic mass is 10.1. The largest absolute Gasteiger partial charge is 0.350 e. The quantitative estimate of drug-likeness (QED) is 0.926. The van der Waals surface area contributed by atoms with E-state index in [1.165, 1.54) is 19.2 Å². The molecule has 0 fully saturated rings. The summed E-state index contributed by atoms with van der Waals surface area (Å²) in [4.78, 5) is 23.0. The molecule has 20 heavy (non-hydrogen) atoms. The summed E-state index contributed by atoms with van der Waals surface area (Å²) in [5, 5.41) is 7.33. The molecule has 5 nitrogen and oxygen atoms in total. The van der Waals surface area contributed by atoms with Gasteiger partial charge in [0.15, 0.2) is 0 Å². The Bertz CT molecular complexity index is 665. The maximum absolute atomic E-state index is 11.8. The van der Waals surface area contributed by atoms with E-state index in [0.717, 1.165) is 10.2 Å². The van der Waals surface area contributed by atoms with Crippen molar-refractivity contribution in [3.8, 4) is 0 Å². The number of carbonyl (C=O) groups excluding carboxylic acids is 1. The fraction of sp³-hybridized carbons (Fsp3) is 0.214. The van der Waals surface area contributed by atoms with E-state index in [9.17, 15) is 9.59 Å². The van der Waals surface area contributed by atoms with Crippen molar-refractivity contribution in [2.75, 3.05) is 6.54 Å². The third-order valence-corrected chi connectivity index (χ3v) is 3.06.